The standard InChI is InChI=1S/C22H25N3O5/c26-22(24-11-9-23(10-12-24)15-17-8-13-29-16-17)20-14-18(25(27)28)6-7-21(20)30-19-4-2-1-3-5-19/h1-7,14,17H,8-13,15-16H2/t17-/m0/s1. The van der Waals surface area contributed by atoms with Crippen molar-refractivity contribution in [3.05, 3.63) is 64.2 Å². The molecule has 2 aliphatic rings. The van der Waals surface area contributed by atoms with E-state index in [1.807, 2.05) is 18.2 Å². The summed E-state index contributed by atoms with van der Waals surface area (Å²) in [5.41, 5.74) is 0.0873. The van der Waals surface area contributed by atoms with Gasteiger partial charge in [-0.1, -0.05) is 18.2 Å². The highest BCUT2D eigenvalue weighted by molar-refractivity contribution is 5.97. The lowest BCUT2D eigenvalue weighted by Gasteiger charge is -2.36. The fourth-order valence-corrected chi connectivity index (χ4v) is 3.90. The van der Waals surface area contributed by atoms with Crippen LogP contribution in [0.4, 0.5) is 5.69 Å². The third-order valence-electron chi connectivity index (χ3n) is 5.58. The van der Waals surface area contributed by atoms with Gasteiger partial charge in [-0.3, -0.25) is 19.8 Å². The lowest BCUT2D eigenvalue weighted by atomic mass is 10.1. The average Bonchev–Trinajstić information content (AvgIpc) is 3.28. The summed E-state index contributed by atoms with van der Waals surface area (Å²) >= 11 is 0. The van der Waals surface area contributed by atoms with E-state index in [0.29, 0.717) is 30.5 Å². The molecule has 2 fully saturated rings. The largest absolute Gasteiger partial charge is 0.457 e. The van der Waals surface area contributed by atoms with Crippen molar-refractivity contribution in [2.24, 2.45) is 5.92 Å². The highest BCUT2D eigenvalue weighted by Gasteiger charge is 2.28. The first-order valence-electron chi connectivity index (χ1n) is 10.2. The molecule has 2 aromatic carbocycles. The van der Waals surface area contributed by atoms with Gasteiger partial charge in [0.2, 0.25) is 0 Å². The van der Waals surface area contributed by atoms with Crippen LogP contribution >= 0.6 is 0 Å². The van der Waals surface area contributed by atoms with Crippen molar-refractivity contribution in [2.45, 2.75) is 6.42 Å². The second-order valence-corrected chi connectivity index (χ2v) is 7.68. The molecule has 4 rings (SSSR count). The maximum absolute atomic E-state index is 13.2. The van der Waals surface area contributed by atoms with Gasteiger partial charge in [-0.25, -0.2) is 0 Å². The number of carbonyl (C=O) groups is 1. The Morgan fingerprint density at radius 3 is 2.57 bits per heavy atom. The molecule has 0 spiro atoms. The Labute approximate surface area is 175 Å². The van der Waals surface area contributed by atoms with Crippen molar-refractivity contribution < 1.29 is 19.2 Å². The molecule has 0 saturated carbocycles. The van der Waals surface area contributed by atoms with E-state index in [0.717, 1.165) is 39.3 Å². The zero-order valence-electron chi connectivity index (χ0n) is 16.7. The summed E-state index contributed by atoms with van der Waals surface area (Å²) in [6.07, 6.45) is 1.09. The van der Waals surface area contributed by atoms with Gasteiger partial charge in [-0.2, -0.15) is 0 Å². The summed E-state index contributed by atoms with van der Waals surface area (Å²) < 4.78 is 11.3. The van der Waals surface area contributed by atoms with Crippen molar-refractivity contribution in [1.29, 1.82) is 0 Å². The van der Waals surface area contributed by atoms with E-state index in [1.165, 1.54) is 18.2 Å². The fraction of sp³-hybridized carbons (Fsp3) is 0.409. The number of amides is 1. The molecule has 0 unspecified atom stereocenters. The van der Waals surface area contributed by atoms with Gasteiger partial charge >= 0.3 is 0 Å². The maximum atomic E-state index is 13.2. The number of hydrogen-bond acceptors (Lipinski definition) is 6. The number of piperazine rings is 1. The number of non-ortho nitro benzene ring substituents is 1. The third kappa shape index (κ3) is 4.77. The molecule has 0 aliphatic carbocycles. The van der Waals surface area contributed by atoms with Gasteiger partial charge in [0.1, 0.15) is 11.5 Å². The van der Waals surface area contributed by atoms with E-state index >= 15 is 0 Å². The van der Waals surface area contributed by atoms with Crippen LogP contribution in [-0.2, 0) is 4.74 Å². The molecule has 0 N–H and O–H groups in total. The fourth-order valence-electron chi connectivity index (χ4n) is 3.90. The summed E-state index contributed by atoms with van der Waals surface area (Å²) in [6, 6.07) is 13.2. The van der Waals surface area contributed by atoms with E-state index in [4.69, 9.17) is 9.47 Å². The van der Waals surface area contributed by atoms with Gasteiger partial charge in [-0.15, -0.1) is 0 Å². The van der Waals surface area contributed by atoms with Crippen molar-refractivity contribution in [1.82, 2.24) is 9.80 Å². The van der Waals surface area contributed by atoms with Crippen LogP contribution in [0.25, 0.3) is 0 Å². The summed E-state index contributed by atoms with van der Waals surface area (Å²) in [7, 11) is 0. The van der Waals surface area contributed by atoms with Gasteiger partial charge < -0.3 is 14.4 Å². The molecule has 30 heavy (non-hydrogen) atoms. The highest BCUT2D eigenvalue weighted by Crippen LogP contribution is 2.30. The van der Waals surface area contributed by atoms with Crippen LogP contribution < -0.4 is 4.74 Å². The molecule has 2 aromatic rings. The van der Waals surface area contributed by atoms with Gasteiger partial charge in [0.25, 0.3) is 11.6 Å². The quantitative estimate of drug-likeness (QED) is 0.536. The minimum absolute atomic E-state index is 0.126. The number of benzene rings is 2. The van der Waals surface area contributed by atoms with E-state index in [9.17, 15) is 14.9 Å². The Bertz CT molecular complexity index is 891. The van der Waals surface area contributed by atoms with E-state index in [-0.39, 0.29) is 17.2 Å². The molecular formula is C22H25N3O5. The zero-order valence-corrected chi connectivity index (χ0v) is 16.7. The Morgan fingerprint density at radius 2 is 1.90 bits per heavy atom. The van der Waals surface area contributed by atoms with Crippen molar-refractivity contribution in [2.75, 3.05) is 45.9 Å². The smallest absolute Gasteiger partial charge is 0.270 e. The summed E-state index contributed by atoms with van der Waals surface area (Å²) in [5.74, 6) is 1.22. The van der Waals surface area contributed by atoms with Crippen LogP contribution in [0.1, 0.15) is 16.8 Å². The number of hydrogen-bond donors (Lipinski definition) is 0. The molecule has 0 radical (unpaired) electrons. The molecule has 2 saturated heterocycles. The monoisotopic (exact) mass is 411 g/mol. The first-order valence-corrected chi connectivity index (χ1v) is 10.2. The number of nitro benzene ring substituents is 1. The lowest BCUT2D eigenvalue weighted by Crippen LogP contribution is -2.49. The molecule has 8 heteroatoms. The Hall–Kier alpha value is -2.97. The second kappa shape index (κ2) is 9.23. The molecule has 0 aromatic heterocycles. The van der Waals surface area contributed by atoms with Crippen molar-refractivity contribution in [3.63, 3.8) is 0 Å². The van der Waals surface area contributed by atoms with Crippen LogP contribution in [-0.4, -0.2) is 66.6 Å². The minimum Gasteiger partial charge on any atom is -0.457 e. The Morgan fingerprint density at radius 1 is 1.13 bits per heavy atom. The summed E-state index contributed by atoms with van der Waals surface area (Å²) in [6.45, 7) is 5.37. The lowest BCUT2D eigenvalue weighted by molar-refractivity contribution is -0.384. The molecule has 1 atom stereocenters. The highest BCUT2D eigenvalue weighted by atomic mass is 16.6. The van der Waals surface area contributed by atoms with Gasteiger partial charge in [0, 0.05) is 51.5 Å². The van der Waals surface area contributed by atoms with Crippen LogP contribution in [0.3, 0.4) is 0 Å². The molecule has 8 nitrogen and oxygen atoms in total. The number of nitro groups is 1. The normalized spacial score (nSPS) is 19.6. The number of ether oxygens (including phenoxy) is 2. The molecule has 0 bridgehead atoms. The minimum atomic E-state index is -0.495. The maximum Gasteiger partial charge on any atom is 0.270 e. The Balaban J connectivity index is 1.48. The van der Waals surface area contributed by atoms with Gasteiger partial charge in [0.15, 0.2) is 0 Å². The van der Waals surface area contributed by atoms with E-state index < -0.39 is 4.92 Å². The predicted molar refractivity (Wildman–Crippen MR) is 111 cm³/mol. The SMILES string of the molecule is O=C(c1cc([N+](=O)[O-])ccc1Oc1ccccc1)N1CCN(C[C@@H]2CCOC2)CC1. The molecule has 1 amide bonds. The van der Waals surface area contributed by atoms with E-state index in [1.54, 1.807) is 17.0 Å². The summed E-state index contributed by atoms with van der Waals surface area (Å²) in [5, 5.41) is 11.3. The first-order chi connectivity index (χ1) is 14.6. The second-order valence-electron chi connectivity index (χ2n) is 7.68. The molecule has 158 valence electrons. The van der Waals surface area contributed by atoms with Crippen LogP contribution in [0.15, 0.2) is 48.5 Å². The predicted octanol–water partition coefficient (Wildman–Crippen LogP) is 3.18. The number of carbonyl (C=O) groups excluding carboxylic acids is 1. The first kappa shape index (κ1) is 20.3. The van der Waals surface area contributed by atoms with Crippen molar-refractivity contribution >= 4 is 11.6 Å². The van der Waals surface area contributed by atoms with Crippen molar-refractivity contribution in [3.8, 4) is 11.5 Å². The Kier molecular flexibility index (Phi) is 6.25. The third-order valence-corrected chi connectivity index (χ3v) is 5.58. The topological polar surface area (TPSA) is 85.1 Å². The number of nitrogens with zero attached hydrogens (tertiary/aromatic N) is 3. The summed E-state index contributed by atoms with van der Waals surface area (Å²) in [4.78, 5) is 28.1. The molecule has 2 heterocycles. The number of rotatable bonds is 6. The van der Waals surface area contributed by atoms with Crippen LogP contribution in [0, 0.1) is 16.0 Å². The zero-order chi connectivity index (χ0) is 20.9. The average molecular weight is 411 g/mol. The van der Waals surface area contributed by atoms with Gasteiger partial charge in [-0.05, 0) is 30.5 Å². The molecule has 2 aliphatic heterocycles. The van der Waals surface area contributed by atoms with Crippen LogP contribution in [0.5, 0.6) is 11.5 Å². The molecular weight excluding hydrogens is 386 g/mol. The van der Waals surface area contributed by atoms with Crippen LogP contribution in [0.2, 0.25) is 0 Å². The van der Waals surface area contributed by atoms with E-state index in [2.05, 4.69) is 4.90 Å². The van der Waals surface area contributed by atoms with Gasteiger partial charge in [0.05, 0.1) is 17.1 Å². The number of para-hydroxylation sites is 1.